The summed E-state index contributed by atoms with van der Waals surface area (Å²) in [5, 5.41) is 7.99. The molecular weight excluding hydrogens is 318 g/mol. The minimum Gasteiger partial charge on any atom is -0.356 e. The van der Waals surface area contributed by atoms with Crippen LogP contribution in [-0.4, -0.2) is 49.1 Å². The minimum atomic E-state index is 0.711. The van der Waals surface area contributed by atoms with E-state index in [9.17, 15) is 0 Å². The third kappa shape index (κ3) is 6.40. The van der Waals surface area contributed by atoms with Crippen molar-refractivity contribution in [1.29, 1.82) is 0 Å². The van der Waals surface area contributed by atoms with E-state index >= 15 is 0 Å². The predicted octanol–water partition coefficient (Wildman–Crippen LogP) is 2.74. The molecule has 1 saturated heterocycles. The van der Waals surface area contributed by atoms with E-state index in [4.69, 9.17) is 0 Å². The fourth-order valence-corrected chi connectivity index (χ4v) is 4.02. The van der Waals surface area contributed by atoms with Gasteiger partial charge >= 0.3 is 0 Å². The normalized spacial score (nSPS) is 19.7. The van der Waals surface area contributed by atoms with Crippen molar-refractivity contribution in [3.05, 3.63) is 16.1 Å². The first kappa shape index (κ1) is 19.2. The molecule has 0 aliphatic carbocycles. The molecule has 136 valence electrons. The van der Waals surface area contributed by atoms with Gasteiger partial charge in [-0.15, -0.1) is 11.3 Å². The summed E-state index contributed by atoms with van der Waals surface area (Å²) in [5.74, 6) is 2.34. The van der Waals surface area contributed by atoms with E-state index in [-0.39, 0.29) is 0 Å². The third-order valence-electron chi connectivity index (χ3n) is 4.37. The zero-order valence-corrected chi connectivity index (χ0v) is 16.5. The molecule has 0 aromatic carbocycles. The molecule has 2 heterocycles. The summed E-state index contributed by atoms with van der Waals surface area (Å²) in [7, 11) is 1.83. The highest BCUT2D eigenvalue weighted by atomic mass is 32.1. The van der Waals surface area contributed by atoms with Crippen molar-refractivity contribution in [2.75, 3.05) is 33.2 Å². The van der Waals surface area contributed by atoms with Gasteiger partial charge in [0, 0.05) is 37.8 Å². The maximum Gasteiger partial charge on any atom is 0.191 e. The van der Waals surface area contributed by atoms with Crippen LogP contribution < -0.4 is 10.6 Å². The van der Waals surface area contributed by atoms with Crippen molar-refractivity contribution in [2.45, 2.75) is 46.6 Å². The molecule has 1 aromatic rings. The van der Waals surface area contributed by atoms with E-state index in [0.717, 1.165) is 36.4 Å². The second-order valence-electron chi connectivity index (χ2n) is 7.04. The van der Waals surface area contributed by atoms with Gasteiger partial charge in [-0.1, -0.05) is 20.8 Å². The van der Waals surface area contributed by atoms with Crippen LogP contribution in [0.3, 0.4) is 0 Å². The van der Waals surface area contributed by atoms with Gasteiger partial charge in [-0.25, -0.2) is 4.98 Å². The second kappa shape index (κ2) is 9.99. The van der Waals surface area contributed by atoms with Crippen LogP contribution in [-0.2, 0) is 13.0 Å². The monoisotopic (exact) mass is 351 g/mol. The fraction of sp³-hybridized carbons (Fsp3) is 0.778. The summed E-state index contributed by atoms with van der Waals surface area (Å²) in [6.07, 6.45) is 5.65. The molecule has 1 aliphatic heterocycles. The molecule has 1 atom stereocenters. The lowest BCUT2D eigenvalue weighted by molar-refractivity contribution is 0.159. The average Bonchev–Trinajstić information content (AvgIpc) is 3.03. The van der Waals surface area contributed by atoms with Crippen LogP contribution in [0.5, 0.6) is 0 Å². The lowest BCUT2D eigenvalue weighted by Gasteiger charge is -2.34. The van der Waals surface area contributed by atoms with E-state index < -0.39 is 0 Å². The van der Waals surface area contributed by atoms with Crippen LogP contribution in [0.2, 0.25) is 0 Å². The zero-order valence-electron chi connectivity index (χ0n) is 15.6. The number of hydrogen-bond acceptors (Lipinski definition) is 4. The Morgan fingerprint density at radius 3 is 2.96 bits per heavy atom. The molecule has 1 unspecified atom stereocenters. The third-order valence-corrected chi connectivity index (χ3v) is 5.51. The van der Waals surface area contributed by atoms with Crippen LogP contribution in [0.25, 0.3) is 0 Å². The van der Waals surface area contributed by atoms with Gasteiger partial charge in [-0.2, -0.15) is 0 Å². The van der Waals surface area contributed by atoms with Gasteiger partial charge in [0.2, 0.25) is 0 Å². The van der Waals surface area contributed by atoms with Gasteiger partial charge in [-0.05, 0) is 37.6 Å². The van der Waals surface area contributed by atoms with Gasteiger partial charge in [0.05, 0.1) is 6.54 Å². The van der Waals surface area contributed by atoms with Gasteiger partial charge in [-0.3, -0.25) is 4.99 Å². The van der Waals surface area contributed by atoms with Crippen LogP contribution in [0.1, 0.15) is 43.5 Å². The van der Waals surface area contributed by atoms with Crippen molar-refractivity contribution in [3.8, 4) is 0 Å². The highest BCUT2D eigenvalue weighted by Crippen LogP contribution is 2.17. The maximum absolute atomic E-state index is 4.45. The summed E-state index contributed by atoms with van der Waals surface area (Å²) in [4.78, 5) is 12.7. The Morgan fingerprint density at radius 1 is 1.46 bits per heavy atom. The molecule has 0 spiro atoms. The average molecular weight is 352 g/mol. The summed E-state index contributed by atoms with van der Waals surface area (Å²) >= 11 is 1.77. The Labute approximate surface area is 151 Å². The molecule has 1 aromatic heterocycles. The van der Waals surface area contributed by atoms with Gasteiger partial charge in [0.1, 0.15) is 5.01 Å². The standard InChI is InChI=1S/C18H33N5S/c1-5-16-10-20-17(24-16)11-22-18(19-4)21-9-15-7-6-8-23(13-15)12-14(2)3/h10,14-15H,5-9,11-13H2,1-4H3,(H2,19,21,22). The second-order valence-corrected chi connectivity index (χ2v) is 8.24. The minimum absolute atomic E-state index is 0.711. The number of thiazole rings is 1. The number of likely N-dealkylation sites (tertiary alicyclic amines) is 1. The Bertz CT molecular complexity index is 511. The number of aryl methyl sites for hydroxylation is 1. The molecule has 0 amide bonds. The Balaban J connectivity index is 1.72. The molecule has 0 saturated carbocycles. The van der Waals surface area contributed by atoms with Gasteiger partial charge < -0.3 is 15.5 Å². The number of aromatic nitrogens is 1. The molecule has 0 bridgehead atoms. The summed E-state index contributed by atoms with van der Waals surface area (Å²) in [6.45, 7) is 12.2. The number of nitrogens with zero attached hydrogens (tertiary/aromatic N) is 3. The van der Waals surface area contributed by atoms with E-state index in [2.05, 4.69) is 46.3 Å². The highest BCUT2D eigenvalue weighted by molar-refractivity contribution is 7.11. The number of aliphatic imine (C=N–C) groups is 1. The Hall–Kier alpha value is -1.14. The van der Waals surface area contributed by atoms with Crippen molar-refractivity contribution in [2.24, 2.45) is 16.8 Å². The van der Waals surface area contributed by atoms with Gasteiger partial charge in [0.25, 0.3) is 0 Å². The molecule has 5 nitrogen and oxygen atoms in total. The van der Waals surface area contributed by atoms with Crippen molar-refractivity contribution < 1.29 is 0 Å². The van der Waals surface area contributed by atoms with E-state index in [1.54, 1.807) is 11.3 Å². The van der Waals surface area contributed by atoms with E-state index in [1.807, 2.05) is 13.2 Å². The molecule has 1 aliphatic rings. The van der Waals surface area contributed by atoms with Crippen molar-refractivity contribution in [3.63, 3.8) is 0 Å². The smallest absolute Gasteiger partial charge is 0.191 e. The molecule has 6 heteroatoms. The molecule has 0 radical (unpaired) electrons. The van der Waals surface area contributed by atoms with Crippen molar-refractivity contribution >= 4 is 17.3 Å². The first-order valence-electron chi connectivity index (χ1n) is 9.21. The number of nitrogens with one attached hydrogen (secondary N) is 2. The number of hydrogen-bond donors (Lipinski definition) is 2. The first-order chi connectivity index (χ1) is 11.6. The lowest BCUT2D eigenvalue weighted by atomic mass is 9.97. The number of rotatable bonds is 7. The summed E-state index contributed by atoms with van der Waals surface area (Å²) in [5.41, 5.74) is 0. The van der Waals surface area contributed by atoms with E-state index in [0.29, 0.717) is 5.92 Å². The van der Waals surface area contributed by atoms with E-state index in [1.165, 1.54) is 37.4 Å². The van der Waals surface area contributed by atoms with Crippen LogP contribution >= 0.6 is 11.3 Å². The molecule has 24 heavy (non-hydrogen) atoms. The van der Waals surface area contributed by atoms with Crippen LogP contribution in [0, 0.1) is 11.8 Å². The summed E-state index contributed by atoms with van der Waals surface area (Å²) in [6, 6.07) is 0. The topological polar surface area (TPSA) is 52.6 Å². The summed E-state index contributed by atoms with van der Waals surface area (Å²) < 4.78 is 0. The Morgan fingerprint density at radius 2 is 2.29 bits per heavy atom. The maximum atomic E-state index is 4.45. The lowest BCUT2D eigenvalue weighted by Crippen LogP contribution is -2.44. The zero-order chi connectivity index (χ0) is 17.4. The fourth-order valence-electron chi connectivity index (χ4n) is 3.21. The molecule has 1 fully saturated rings. The Kier molecular flexibility index (Phi) is 7.99. The quantitative estimate of drug-likeness (QED) is 0.586. The highest BCUT2D eigenvalue weighted by Gasteiger charge is 2.20. The molecular formula is C18H33N5S. The number of guanidine groups is 1. The number of piperidine rings is 1. The van der Waals surface area contributed by atoms with Crippen LogP contribution in [0.4, 0.5) is 0 Å². The SMILES string of the molecule is CCc1cnc(CNC(=NC)NCC2CCCN(CC(C)C)C2)s1. The van der Waals surface area contributed by atoms with Gasteiger partial charge in [0.15, 0.2) is 5.96 Å². The largest absolute Gasteiger partial charge is 0.356 e. The molecule has 2 rings (SSSR count). The molecule has 2 N–H and O–H groups in total. The predicted molar refractivity (Wildman–Crippen MR) is 104 cm³/mol. The van der Waals surface area contributed by atoms with Crippen LogP contribution in [0.15, 0.2) is 11.2 Å². The first-order valence-corrected chi connectivity index (χ1v) is 10.0. The van der Waals surface area contributed by atoms with Crippen molar-refractivity contribution in [1.82, 2.24) is 20.5 Å².